The lowest BCUT2D eigenvalue weighted by Gasteiger charge is -2.09. The predicted octanol–water partition coefficient (Wildman–Crippen LogP) is 2.81. The van der Waals surface area contributed by atoms with Crippen LogP contribution in [-0.2, 0) is 6.73 Å². The molecule has 1 aromatic carbocycles. The van der Waals surface area contributed by atoms with Crippen LogP contribution < -0.4 is 10.5 Å². The van der Waals surface area contributed by atoms with Crippen LogP contribution in [0.1, 0.15) is 0 Å². The van der Waals surface area contributed by atoms with Gasteiger partial charge in [0, 0.05) is 0 Å². The number of halogens is 2. The number of aromatic nitrogens is 2. The van der Waals surface area contributed by atoms with Crippen LogP contribution in [0.3, 0.4) is 0 Å². The van der Waals surface area contributed by atoms with Gasteiger partial charge in [0.05, 0.1) is 28.1 Å². The van der Waals surface area contributed by atoms with Crippen molar-refractivity contribution < 1.29 is 4.74 Å². The van der Waals surface area contributed by atoms with E-state index in [0.717, 1.165) is 0 Å². The summed E-state index contributed by atoms with van der Waals surface area (Å²) in [5.41, 5.74) is 6.09. The fourth-order valence-corrected chi connectivity index (χ4v) is 1.71. The second kappa shape index (κ2) is 4.63. The third-order valence-electron chi connectivity index (χ3n) is 1.91. The molecule has 0 aliphatic rings. The molecule has 0 fully saturated rings. The van der Waals surface area contributed by atoms with E-state index in [1.54, 1.807) is 29.1 Å². The molecule has 0 unspecified atom stereocenters. The maximum absolute atomic E-state index is 5.94. The molecule has 0 saturated carbocycles. The summed E-state index contributed by atoms with van der Waals surface area (Å²) in [7, 11) is 0. The molecular formula is C10H9Cl2N3O. The molecule has 84 valence electrons. The van der Waals surface area contributed by atoms with Crippen LogP contribution in [0, 0.1) is 0 Å². The van der Waals surface area contributed by atoms with Gasteiger partial charge in [0.2, 0.25) is 0 Å². The summed E-state index contributed by atoms with van der Waals surface area (Å²) in [6.07, 6.45) is 3.20. The molecule has 6 heteroatoms. The van der Waals surface area contributed by atoms with Gasteiger partial charge in [-0.3, -0.25) is 0 Å². The summed E-state index contributed by atoms with van der Waals surface area (Å²) in [4.78, 5) is 0. The average molecular weight is 258 g/mol. The molecule has 0 spiro atoms. The number of anilines is 1. The fourth-order valence-electron chi connectivity index (χ4n) is 1.20. The van der Waals surface area contributed by atoms with Gasteiger partial charge in [-0.05, 0) is 12.1 Å². The Kier molecular flexibility index (Phi) is 3.22. The van der Waals surface area contributed by atoms with Crippen LogP contribution in [0.25, 0.3) is 0 Å². The first-order valence-corrected chi connectivity index (χ1v) is 5.27. The summed E-state index contributed by atoms with van der Waals surface area (Å²) in [5.74, 6) is 0.444. The van der Waals surface area contributed by atoms with Crippen LogP contribution in [0.15, 0.2) is 30.6 Å². The molecule has 0 radical (unpaired) electrons. The Bertz CT molecular complexity index is 478. The number of nitrogens with two attached hydrogens (primary N) is 1. The Morgan fingerprint density at radius 1 is 1.31 bits per heavy atom. The molecule has 0 aliphatic heterocycles. The third-order valence-corrected chi connectivity index (χ3v) is 2.51. The van der Waals surface area contributed by atoms with Gasteiger partial charge in [0.1, 0.15) is 0 Å². The largest absolute Gasteiger partial charge is 0.468 e. The SMILES string of the molecule is Nc1cnn(COc2c(Cl)cccc2Cl)c1. The minimum Gasteiger partial charge on any atom is -0.468 e. The molecule has 0 saturated heterocycles. The second-order valence-electron chi connectivity index (χ2n) is 3.14. The minimum atomic E-state index is 0.209. The summed E-state index contributed by atoms with van der Waals surface area (Å²) in [5, 5.41) is 4.90. The van der Waals surface area contributed by atoms with E-state index in [-0.39, 0.29) is 6.73 Å². The lowest BCUT2D eigenvalue weighted by molar-refractivity contribution is 0.221. The lowest BCUT2D eigenvalue weighted by atomic mass is 10.3. The van der Waals surface area contributed by atoms with Crippen molar-refractivity contribution >= 4 is 28.9 Å². The van der Waals surface area contributed by atoms with Gasteiger partial charge in [-0.1, -0.05) is 29.3 Å². The van der Waals surface area contributed by atoms with E-state index in [2.05, 4.69) is 5.10 Å². The van der Waals surface area contributed by atoms with E-state index < -0.39 is 0 Å². The summed E-state index contributed by atoms with van der Waals surface area (Å²) >= 11 is 11.9. The first-order valence-electron chi connectivity index (χ1n) is 4.51. The molecule has 0 atom stereocenters. The zero-order chi connectivity index (χ0) is 11.5. The number of hydrogen-bond donors (Lipinski definition) is 1. The first kappa shape index (κ1) is 11.1. The quantitative estimate of drug-likeness (QED) is 0.920. The maximum atomic E-state index is 5.94. The van der Waals surface area contributed by atoms with Crippen molar-refractivity contribution in [3.05, 3.63) is 40.6 Å². The van der Waals surface area contributed by atoms with Crippen molar-refractivity contribution in [2.75, 3.05) is 5.73 Å². The molecule has 16 heavy (non-hydrogen) atoms. The minimum absolute atomic E-state index is 0.209. The highest BCUT2D eigenvalue weighted by Gasteiger charge is 2.06. The number of rotatable bonds is 3. The fraction of sp³-hybridized carbons (Fsp3) is 0.100. The van der Waals surface area contributed by atoms with E-state index in [9.17, 15) is 0 Å². The van der Waals surface area contributed by atoms with Crippen LogP contribution in [0.4, 0.5) is 5.69 Å². The van der Waals surface area contributed by atoms with Gasteiger partial charge in [0.25, 0.3) is 0 Å². The van der Waals surface area contributed by atoms with Crippen molar-refractivity contribution in [3.63, 3.8) is 0 Å². The molecule has 2 aromatic rings. The van der Waals surface area contributed by atoms with Gasteiger partial charge in [-0.2, -0.15) is 5.10 Å². The maximum Gasteiger partial charge on any atom is 0.181 e. The van der Waals surface area contributed by atoms with Crippen molar-refractivity contribution in [3.8, 4) is 5.75 Å². The Labute approximate surface area is 103 Å². The van der Waals surface area contributed by atoms with Crippen molar-refractivity contribution in [2.45, 2.75) is 6.73 Å². The Morgan fingerprint density at radius 2 is 2.00 bits per heavy atom. The molecule has 0 amide bonds. The number of hydrogen-bond acceptors (Lipinski definition) is 3. The zero-order valence-electron chi connectivity index (χ0n) is 8.23. The number of para-hydroxylation sites is 1. The van der Waals surface area contributed by atoms with Crippen LogP contribution in [0.2, 0.25) is 10.0 Å². The number of nitrogens with zero attached hydrogens (tertiary/aromatic N) is 2. The lowest BCUT2D eigenvalue weighted by Crippen LogP contribution is -2.05. The highest BCUT2D eigenvalue weighted by Crippen LogP contribution is 2.32. The zero-order valence-corrected chi connectivity index (χ0v) is 9.74. The number of benzene rings is 1. The number of nitrogen functional groups attached to an aromatic ring is 1. The van der Waals surface area contributed by atoms with E-state index in [0.29, 0.717) is 21.5 Å². The van der Waals surface area contributed by atoms with Crippen LogP contribution in [-0.4, -0.2) is 9.78 Å². The normalized spacial score (nSPS) is 10.4. The smallest absolute Gasteiger partial charge is 0.181 e. The summed E-state index contributed by atoms with van der Waals surface area (Å²) in [6, 6.07) is 5.17. The molecule has 2 N–H and O–H groups in total. The van der Waals surface area contributed by atoms with Crippen LogP contribution in [0.5, 0.6) is 5.75 Å². The highest BCUT2D eigenvalue weighted by molar-refractivity contribution is 6.37. The monoisotopic (exact) mass is 257 g/mol. The first-order chi connectivity index (χ1) is 7.66. The molecule has 1 heterocycles. The molecule has 0 bridgehead atoms. The van der Waals surface area contributed by atoms with Crippen molar-refractivity contribution in [1.82, 2.24) is 9.78 Å². The highest BCUT2D eigenvalue weighted by atomic mass is 35.5. The van der Waals surface area contributed by atoms with Gasteiger partial charge < -0.3 is 10.5 Å². The number of ether oxygens (including phenoxy) is 1. The predicted molar refractivity (Wildman–Crippen MR) is 63.7 cm³/mol. The topological polar surface area (TPSA) is 53.1 Å². The van der Waals surface area contributed by atoms with E-state index in [1.807, 2.05) is 0 Å². The standard InChI is InChI=1S/C10H9Cl2N3O/c11-8-2-1-3-9(12)10(8)16-6-15-5-7(13)4-14-15/h1-5H,6,13H2. The molecule has 4 nitrogen and oxygen atoms in total. The summed E-state index contributed by atoms with van der Waals surface area (Å²) < 4.78 is 7.00. The van der Waals surface area contributed by atoms with E-state index in [1.165, 1.54) is 6.20 Å². The summed E-state index contributed by atoms with van der Waals surface area (Å²) in [6.45, 7) is 0.209. The van der Waals surface area contributed by atoms with E-state index >= 15 is 0 Å². The molecule has 0 aliphatic carbocycles. The average Bonchev–Trinajstić information content (AvgIpc) is 2.63. The second-order valence-corrected chi connectivity index (χ2v) is 3.95. The third kappa shape index (κ3) is 2.40. The van der Waals surface area contributed by atoms with E-state index in [4.69, 9.17) is 33.7 Å². The van der Waals surface area contributed by atoms with Crippen molar-refractivity contribution in [2.24, 2.45) is 0 Å². The molecular weight excluding hydrogens is 249 g/mol. The van der Waals surface area contributed by atoms with Gasteiger partial charge in [0.15, 0.2) is 12.5 Å². The molecule has 1 aromatic heterocycles. The molecule has 2 rings (SSSR count). The van der Waals surface area contributed by atoms with Gasteiger partial charge >= 0.3 is 0 Å². The Hall–Kier alpha value is -1.39. The Balaban J connectivity index is 2.10. The Morgan fingerprint density at radius 3 is 2.56 bits per heavy atom. The van der Waals surface area contributed by atoms with Crippen molar-refractivity contribution in [1.29, 1.82) is 0 Å². The van der Waals surface area contributed by atoms with Crippen LogP contribution >= 0.6 is 23.2 Å². The van der Waals surface area contributed by atoms with Gasteiger partial charge in [-0.25, -0.2) is 4.68 Å². The van der Waals surface area contributed by atoms with Gasteiger partial charge in [-0.15, -0.1) is 0 Å².